The van der Waals surface area contributed by atoms with Gasteiger partial charge in [0.2, 0.25) is 0 Å². The molecule has 5 nitrogen and oxygen atoms in total. The molecule has 54 valence electrons. The van der Waals surface area contributed by atoms with E-state index >= 15 is 0 Å². The Labute approximate surface area is 62.3 Å². The third kappa shape index (κ3) is 0.899. The predicted octanol–water partition coefficient (Wildman–Crippen LogP) is -0.523. The second-order valence-corrected chi connectivity index (χ2v) is 2.05. The highest BCUT2D eigenvalue weighted by Crippen LogP contribution is 2.05. The molecular formula is C6H4N4O. The number of carbonyl (C=O) groups is 1. The zero-order valence-electron chi connectivity index (χ0n) is 5.51. The first-order valence-corrected chi connectivity index (χ1v) is 3.08. The number of aliphatic imine (C=N–C) groups is 4. The van der Waals surface area contributed by atoms with Gasteiger partial charge < -0.3 is 0 Å². The van der Waals surface area contributed by atoms with Gasteiger partial charge >= 0.3 is 0 Å². The molecule has 1 unspecified atom stereocenters. The summed E-state index contributed by atoms with van der Waals surface area (Å²) in [7, 11) is 0. The Balaban J connectivity index is 2.43. The van der Waals surface area contributed by atoms with E-state index in [1.807, 2.05) is 0 Å². The number of amides is 1. The fourth-order valence-electron chi connectivity index (χ4n) is 0.865. The van der Waals surface area contributed by atoms with Crippen LogP contribution in [0.4, 0.5) is 0 Å². The Morgan fingerprint density at radius 2 is 2.18 bits per heavy atom. The molecule has 0 fully saturated rings. The minimum Gasteiger partial charge on any atom is -0.270 e. The average Bonchev–Trinajstić information content (AvgIpc) is 2.06. The van der Waals surface area contributed by atoms with Crippen molar-refractivity contribution >= 4 is 30.5 Å². The highest BCUT2D eigenvalue weighted by Gasteiger charge is 2.25. The first-order valence-electron chi connectivity index (χ1n) is 3.08. The molecule has 1 amide bonds. The second-order valence-electron chi connectivity index (χ2n) is 2.05. The van der Waals surface area contributed by atoms with Gasteiger partial charge in [0.15, 0.2) is 11.9 Å². The van der Waals surface area contributed by atoms with Gasteiger partial charge in [-0.25, -0.2) is 9.98 Å². The van der Waals surface area contributed by atoms with Crippen molar-refractivity contribution in [1.29, 1.82) is 0 Å². The quantitative estimate of drug-likeness (QED) is 0.455. The second kappa shape index (κ2) is 2.19. The third-order valence-corrected chi connectivity index (χ3v) is 1.36. The average molecular weight is 148 g/mol. The monoisotopic (exact) mass is 148 g/mol. The molecule has 0 bridgehead atoms. The molecule has 0 saturated carbocycles. The van der Waals surface area contributed by atoms with Crippen LogP contribution in [0.5, 0.6) is 0 Å². The van der Waals surface area contributed by atoms with Gasteiger partial charge in [0.1, 0.15) is 6.34 Å². The van der Waals surface area contributed by atoms with Crippen LogP contribution in [-0.4, -0.2) is 36.6 Å². The third-order valence-electron chi connectivity index (χ3n) is 1.36. The summed E-state index contributed by atoms with van der Waals surface area (Å²) in [5.41, 5.74) is 0. The van der Waals surface area contributed by atoms with E-state index in [0.717, 1.165) is 0 Å². The standard InChI is InChI=1S/C6H4N4O/c11-6-4-5(9-3-10-6)8-2-1-7-4/h1-4H. The molecule has 2 rings (SSSR count). The van der Waals surface area contributed by atoms with Gasteiger partial charge in [-0.05, 0) is 0 Å². The zero-order valence-corrected chi connectivity index (χ0v) is 5.51. The molecule has 0 radical (unpaired) electrons. The van der Waals surface area contributed by atoms with Crippen LogP contribution < -0.4 is 0 Å². The van der Waals surface area contributed by atoms with Crippen LogP contribution in [0.2, 0.25) is 0 Å². The van der Waals surface area contributed by atoms with Crippen molar-refractivity contribution in [3.8, 4) is 0 Å². The van der Waals surface area contributed by atoms with Crippen molar-refractivity contribution in [2.24, 2.45) is 20.0 Å². The number of nitrogens with zero attached hydrogens (tertiary/aromatic N) is 4. The van der Waals surface area contributed by atoms with Crippen LogP contribution >= 0.6 is 0 Å². The van der Waals surface area contributed by atoms with Gasteiger partial charge in [0.05, 0.1) is 0 Å². The lowest BCUT2D eigenvalue weighted by atomic mass is 10.2. The van der Waals surface area contributed by atoms with E-state index < -0.39 is 6.04 Å². The summed E-state index contributed by atoms with van der Waals surface area (Å²) in [6.45, 7) is 0. The number of carbonyl (C=O) groups excluding carboxylic acids is 1. The number of rotatable bonds is 0. The predicted molar refractivity (Wildman–Crippen MR) is 41.7 cm³/mol. The van der Waals surface area contributed by atoms with Crippen molar-refractivity contribution in [3.63, 3.8) is 0 Å². The van der Waals surface area contributed by atoms with Crippen molar-refractivity contribution in [1.82, 2.24) is 0 Å². The van der Waals surface area contributed by atoms with Crippen molar-refractivity contribution in [2.45, 2.75) is 6.04 Å². The van der Waals surface area contributed by atoms with Crippen molar-refractivity contribution < 1.29 is 4.79 Å². The fraction of sp³-hybridized carbons (Fsp3) is 0.167. The summed E-state index contributed by atoms with van der Waals surface area (Å²) in [6, 6.07) is -0.593. The summed E-state index contributed by atoms with van der Waals surface area (Å²) < 4.78 is 0. The van der Waals surface area contributed by atoms with Gasteiger partial charge in [-0.2, -0.15) is 4.99 Å². The lowest BCUT2D eigenvalue weighted by Crippen LogP contribution is -2.31. The van der Waals surface area contributed by atoms with E-state index in [2.05, 4.69) is 20.0 Å². The van der Waals surface area contributed by atoms with Gasteiger partial charge in [-0.3, -0.25) is 9.79 Å². The van der Waals surface area contributed by atoms with Crippen LogP contribution in [0.1, 0.15) is 0 Å². The summed E-state index contributed by atoms with van der Waals surface area (Å²) >= 11 is 0. The smallest absolute Gasteiger partial charge is 0.270 e. The molecule has 0 saturated heterocycles. The Morgan fingerprint density at radius 1 is 1.27 bits per heavy atom. The summed E-state index contributed by atoms with van der Waals surface area (Å²) in [5, 5.41) is 0. The van der Waals surface area contributed by atoms with Crippen molar-refractivity contribution in [3.05, 3.63) is 0 Å². The topological polar surface area (TPSA) is 66.5 Å². The molecule has 0 N–H and O–H groups in total. The molecule has 1 atom stereocenters. The molecule has 0 aromatic rings. The molecule has 0 aromatic carbocycles. The number of amidine groups is 1. The number of hydrogen-bond donors (Lipinski definition) is 0. The fourth-order valence-corrected chi connectivity index (χ4v) is 0.865. The van der Waals surface area contributed by atoms with Crippen LogP contribution in [0.15, 0.2) is 20.0 Å². The Morgan fingerprint density at radius 3 is 3.00 bits per heavy atom. The van der Waals surface area contributed by atoms with Crippen LogP contribution in [0.3, 0.4) is 0 Å². The van der Waals surface area contributed by atoms with Gasteiger partial charge in [-0.15, -0.1) is 0 Å². The number of fused-ring (bicyclic) bond motifs is 1. The van der Waals surface area contributed by atoms with Crippen LogP contribution in [0.25, 0.3) is 0 Å². The lowest BCUT2D eigenvalue weighted by molar-refractivity contribution is -0.117. The largest absolute Gasteiger partial charge is 0.279 e. The number of hydrogen-bond acceptors (Lipinski definition) is 4. The molecule has 0 aromatic heterocycles. The Bertz CT molecular complexity index is 313. The zero-order chi connectivity index (χ0) is 7.68. The minimum absolute atomic E-state index is 0.303. The van der Waals surface area contributed by atoms with Crippen molar-refractivity contribution in [2.75, 3.05) is 0 Å². The minimum atomic E-state index is -0.593. The van der Waals surface area contributed by atoms with E-state index in [1.165, 1.54) is 18.8 Å². The Kier molecular flexibility index (Phi) is 1.21. The van der Waals surface area contributed by atoms with Crippen LogP contribution in [0, 0.1) is 0 Å². The maximum absolute atomic E-state index is 11.0. The molecule has 2 heterocycles. The summed E-state index contributed by atoms with van der Waals surface area (Å²) in [5.74, 6) is 0.121. The molecule has 2 aliphatic rings. The van der Waals surface area contributed by atoms with E-state index in [4.69, 9.17) is 0 Å². The van der Waals surface area contributed by atoms with Gasteiger partial charge in [0.25, 0.3) is 5.91 Å². The maximum Gasteiger partial charge on any atom is 0.279 e. The maximum atomic E-state index is 11.0. The molecular weight excluding hydrogens is 144 g/mol. The first-order chi connectivity index (χ1) is 5.38. The Hall–Kier alpha value is -1.65. The van der Waals surface area contributed by atoms with E-state index in [0.29, 0.717) is 5.84 Å². The molecule has 5 heteroatoms. The molecule has 11 heavy (non-hydrogen) atoms. The highest BCUT2D eigenvalue weighted by molar-refractivity contribution is 6.27. The first kappa shape index (κ1) is 6.09. The molecule has 0 aliphatic carbocycles. The SMILES string of the molecule is O=C1N=CN=C2N=CC=NC12. The normalized spacial score (nSPS) is 26.7. The van der Waals surface area contributed by atoms with E-state index in [1.54, 1.807) is 0 Å². The van der Waals surface area contributed by atoms with Gasteiger partial charge in [0, 0.05) is 12.4 Å². The molecule has 0 spiro atoms. The summed E-state index contributed by atoms with van der Waals surface area (Å²) in [6.07, 6.45) is 4.18. The van der Waals surface area contributed by atoms with Gasteiger partial charge in [-0.1, -0.05) is 0 Å². The highest BCUT2D eigenvalue weighted by atomic mass is 16.1. The lowest BCUT2D eigenvalue weighted by Gasteiger charge is -2.11. The van der Waals surface area contributed by atoms with E-state index in [9.17, 15) is 4.79 Å². The summed E-state index contributed by atoms with van der Waals surface area (Å²) in [4.78, 5) is 26.0. The van der Waals surface area contributed by atoms with E-state index in [-0.39, 0.29) is 5.91 Å². The van der Waals surface area contributed by atoms with Crippen LogP contribution in [-0.2, 0) is 4.79 Å². The molecule has 2 aliphatic heterocycles.